The van der Waals surface area contributed by atoms with Crippen molar-refractivity contribution in [3.8, 4) is 11.5 Å². The number of hydrogen-bond donors (Lipinski definition) is 1. The maximum Gasteiger partial charge on any atom is 0.323 e. The van der Waals surface area contributed by atoms with Crippen molar-refractivity contribution in [3.63, 3.8) is 0 Å². The normalized spacial score (nSPS) is 29.0. The standard InChI is InChI=1S/C21H28N2O5/c1-26-21(25)17-10-14-6-2-3-7-16(14)23(17)12-20(24)22-11-15-13-27-18-8-4-5-9-19(18)28-15/h4-5,8-9,14-17H,2-3,6-7,10-13H2,1H3,(H,22,24)/t14-,15-,16-,17-/m0/s1. The number of fused-ring (bicyclic) bond motifs is 2. The van der Waals surface area contributed by atoms with Crippen LogP contribution in [-0.4, -0.2) is 61.8 Å². The summed E-state index contributed by atoms with van der Waals surface area (Å²) >= 11 is 0. The molecule has 0 radical (unpaired) electrons. The number of esters is 1. The van der Waals surface area contributed by atoms with Crippen molar-refractivity contribution in [2.45, 2.75) is 50.3 Å². The van der Waals surface area contributed by atoms with Crippen LogP contribution in [0.4, 0.5) is 0 Å². The smallest absolute Gasteiger partial charge is 0.323 e. The molecule has 1 saturated carbocycles. The first-order valence-electron chi connectivity index (χ1n) is 10.1. The Morgan fingerprint density at radius 2 is 2.00 bits per heavy atom. The molecule has 0 spiro atoms. The molecule has 2 aliphatic heterocycles. The summed E-state index contributed by atoms with van der Waals surface area (Å²) in [6.45, 7) is 0.986. The zero-order valence-corrected chi connectivity index (χ0v) is 16.3. The number of carbonyl (C=O) groups excluding carboxylic acids is 2. The van der Waals surface area contributed by atoms with Crippen molar-refractivity contribution < 1.29 is 23.8 Å². The molecule has 1 amide bonds. The molecule has 3 aliphatic rings. The number of rotatable bonds is 5. The Hall–Kier alpha value is -2.28. The molecule has 0 aromatic heterocycles. The Morgan fingerprint density at radius 1 is 1.21 bits per heavy atom. The molecule has 7 heteroatoms. The monoisotopic (exact) mass is 388 g/mol. The predicted octanol–water partition coefficient (Wildman–Crippen LogP) is 1.75. The van der Waals surface area contributed by atoms with Crippen LogP contribution in [0.3, 0.4) is 0 Å². The van der Waals surface area contributed by atoms with Crippen LogP contribution < -0.4 is 14.8 Å². The Morgan fingerprint density at radius 3 is 2.82 bits per heavy atom. The minimum absolute atomic E-state index is 0.0948. The highest BCUT2D eigenvalue weighted by molar-refractivity contribution is 5.81. The average molecular weight is 388 g/mol. The number of methoxy groups -OCH3 is 1. The van der Waals surface area contributed by atoms with E-state index in [0.29, 0.717) is 30.9 Å². The summed E-state index contributed by atoms with van der Waals surface area (Å²) < 4.78 is 16.6. The molecule has 1 aliphatic carbocycles. The molecule has 28 heavy (non-hydrogen) atoms. The van der Waals surface area contributed by atoms with Crippen molar-refractivity contribution in [3.05, 3.63) is 24.3 Å². The number of likely N-dealkylation sites (tertiary alicyclic amines) is 1. The van der Waals surface area contributed by atoms with Gasteiger partial charge in [0.25, 0.3) is 0 Å². The second-order valence-electron chi connectivity index (χ2n) is 7.86. The van der Waals surface area contributed by atoms with Crippen LogP contribution in [0, 0.1) is 5.92 Å². The topological polar surface area (TPSA) is 77.1 Å². The van der Waals surface area contributed by atoms with Crippen LogP contribution in [0.5, 0.6) is 11.5 Å². The number of amides is 1. The Labute approximate surface area is 165 Å². The number of benzene rings is 1. The van der Waals surface area contributed by atoms with Gasteiger partial charge in [0.15, 0.2) is 11.5 Å². The van der Waals surface area contributed by atoms with Gasteiger partial charge >= 0.3 is 5.97 Å². The highest BCUT2D eigenvalue weighted by atomic mass is 16.6. The van der Waals surface area contributed by atoms with E-state index in [1.807, 2.05) is 24.3 Å². The molecule has 1 aromatic rings. The van der Waals surface area contributed by atoms with E-state index in [1.165, 1.54) is 13.5 Å². The fourth-order valence-electron chi connectivity index (χ4n) is 4.76. The van der Waals surface area contributed by atoms with Crippen LogP contribution in [0.1, 0.15) is 32.1 Å². The summed E-state index contributed by atoms with van der Waals surface area (Å²) in [6.07, 6.45) is 5.09. The third kappa shape index (κ3) is 3.94. The fraction of sp³-hybridized carbons (Fsp3) is 0.619. The Bertz CT molecular complexity index is 725. The molecule has 4 atom stereocenters. The number of nitrogens with zero attached hydrogens (tertiary/aromatic N) is 1. The highest BCUT2D eigenvalue weighted by Gasteiger charge is 2.46. The largest absolute Gasteiger partial charge is 0.486 e. The molecule has 1 aromatic carbocycles. The van der Waals surface area contributed by atoms with E-state index in [0.717, 1.165) is 31.4 Å². The van der Waals surface area contributed by atoms with Gasteiger partial charge in [0.1, 0.15) is 18.8 Å². The number of para-hydroxylation sites is 2. The van der Waals surface area contributed by atoms with Crippen LogP contribution in [-0.2, 0) is 14.3 Å². The summed E-state index contributed by atoms with van der Waals surface area (Å²) in [5, 5.41) is 2.95. The lowest BCUT2D eigenvalue weighted by Gasteiger charge is -2.33. The number of carbonyl (C=O) groups is 2. The van der Waals surface area contributed by atoms with Crippen LogP contribution in [0.2, 0.25) is 0 Å². The molecule has 2 heterocycles. The van der Waals surface area contributed by atoms with E-state index in [1.54, 1.807) is 0 Å². The van der Waals surface area contributed by atoms with E-state index >= 15 is 0 Å². The van der Waals surface area contributed by atoms with Gasteiger partial charge in [-0.05, 0) is 37.3 Å². The molecule has 152 valence electrons. The third-order valence-corrected chi connectivity index (χ3v) is 6.12. The molecule has 7 nitrogen and oxygen atoms in total. The predicted molar refractivity (Wildman–Crippen MR) is 102 cm³/mol. The molecular weight excluding hydrogens is 360 g/mol. The minimum atomic E-state index is -0.315. The molecule has 1 N–H and O–H groups in total. The zero-order chi connectivity index (χ0) is 19.5. The van der Waals surface area contributed by atoms with Gasteiger partial charge in [-0.2, -0.15) is 0 Å². The second kappa shape index (κ2) is 8.39. The van der Waals surface area contributed by atoms with Crippen LogP contribution in [0.25, 0.3) is 0 Å². The van der Waals surface area contributed by atoms with Gasteiger partial charge in [0, 0.05) is 6.04 Å². The summed E-state index contributed by atoms with van der Waals surface area (Å²) in [4.78, 5) is 26.9. The first kappa shape index (κ1) is 19.1. The number of nitrogens with one attached hydrogen (secondary N) is 1. The van der Waals surface area contributed by atoms with Gasteiger partial charge in [-0.1, -0.05) is 25.0 Å². The lowest BCUT2D eigenvalue weighted by molar-refractivity contribution is -0.146. The van der Waals surface area contributed by atoms with Gasteiger partial charge in [0.2, 0.25) is 5.91 Å². The van der Waals surface area contributed by atoms with Gasteiger partial charge in [0.05, 0.1) is 20.2 Å². The van der Waals surface area contributed by atoms with E-state index in [2.05, 4.69) is 10.2 Å². The molecule has 1 saturated heterocycles. The lowest BCUT2D eigenvalue weighted by atomic mass is 9.85. The van der Waals surface area contributed by atoms with Gasteiger partial charge in [-0.3, -0.25) is 14.5 Å². The Balaban J connectivity index is 1.33. The van der Waals surface area contributed by atoms with Crippen molar-refractivity contribution >= 4 is 11.9 Å². The van der Waals surface area contributed by atoms with Crippen molar-refractivity contribution in [2.24, 2.45) is 5.92 Å². The van der Waals surface area contributed by atoms with Crippen molar-refractivity contribution in [1.82, 2.24) is 10.2 Å². The molecule has 0 unspecified atom stereocenters. The maximum absolute atomic E-state index is 12.6. The number of hydrogen-bond acceptors (Lipinski definition) is 6. The van der Waals surface area contributed by atoms with Gasteiger partial charge < -0.3 is 19.5 Å². The molecule has 0 bridgehead atoms. The first-order valence-corrected chi connectivity index (χ1v) is 10.1. The zero-order valence-electron chi connectivity index (χ0n) is 16.3. The highest BCUT2D eigenvalue weighted by Crippen LogP contribution is 2.39. The van der Waals surface area contributed by atoms with Crippen LogP contribution in [0.15, 0.2) is 24.3 Å². The second-order valence-corrected chi connectivity index (χ2v) is 7.86. The third-order valence-electron chi connectivity index (χ3n) is 6.12. The van der Waals surface area contributed by atoms with Gasteiger partial charge in [-0.25, -0.2) is 0 Å². The average Bonchev–Trinajstić information content (AvgIpc) is 3.10. The summed E-state index contributed by atoms with van der Waals surface area (Å²) in [7, 11) is 1.42. The molecular formula is C21H28N2O5. The van der Waals surface area contributed by atoms with Gasteiger partial charge in [-0.15, -0.1) is 0 Å². The minimum Gasteiger partial charge on any atom is -0.486 e. The fourth-order valence-corrected chi connectivity index (χ4v) is 4.76. The van der Waals surface area contributed by atoms with E-state index in [4.69, 9.17) is 14.2 Å². The van der Waals surface area contributed by atoms with E-state index in [9.17, 15) is 9.59 Å². The maximum atomic E-state index is 12.6. The van der Waals surface area contributed by atoms with E-state index in [-0.39, 0.29) is 30.6 Å². The first-order chi connectivity index (χ1) is 13.7. The van der Waals surface area contributed by atoms with Crippen molar-refractivity contribution in [1.29, 1.82) is 0 Å². The van der Waals surface area contributed by atoms with E-state index < -0.39 is 0 Å². The quantitative estimate of drug-likeness (QED) is 0.775. The van der Waals surface area contributed by atoms with Crippen molar-refractivity contribution in [2.75, 3.05) is 26.8 Å². The molecule has 2 fully saturated rings. The SMILES string of the molecule is COC(=O)[C@@H]1C[C@@H]2CCCC[C@@H]2N1CC(=O)NC[C@H]1COc2ccccc2O1. The molecule has 4 rings (SSSR count). The summed E-state index contributed by atoms with van der Waals surface area (Å²) in [6, 6.07) is 7.50. The summed E-state index contributed by atoms with van der Waals surface area (Å²) in [5.41, 5.74) is 0. The lowest BCUT2D eigenvalue weighted by Crippen LogP contribution is -2.49. The van der Waals surface area contributed by atoms with Crippen LogP contribution >= 0.6 is 0 Å². The Kier molecular flexibility index (Phi) is 5.71. The number of ether oxygens (including phenoxy) is 3. The summed E-state index contributed by atoms with van der Waals surface area (Å²) in [5.74, 6) is 1.58.